The van der Waals surface area contributed by atoms with Crippen LogP contribution in [-0.2, 0) is 11.4 Å². The minimum absolute atomic E-state index is 0.103. The van der Waals surface area contributed by atoms with Crippen molar-refractivity contribution >= 4 is 17.5 Å². The van der Waals surface area contributed by atoms with Crippen LogP contribution < -0.4 is 4.72 Å². The number of piperidine rings is 1. The summed E-state index contributed by atoms with van der Waals surface area (Å²) < 4.78 is 28.5. The van der Waals surface area contributed by atoms with E-state index < -0.39 is 28.4 Å². The van der Waals surface area contributed by atoms with E-state index in [9.17, 15) is 13.7 Å². The van der Waals surface area contributed by atoms with Crippen molar-refractivity contribution in [1.29, 1.82) is 0 Å². The molecule has 1 amide bonds. The van der Waals surface area contributed by atoms with Crippen LogP contribution in [0.25, 0.3) is 0 Å². The average molecular weight is 294 g/mol. The Hall–Kier alpha value is -0.530. The Labute approximate surface area is 116 Å². The molecule has 0 bridgehead atoms. The van der Waals surface area contributed by atoms with Gasteiger partial charge in [-0.25, -0.2) is 9.18 Å². The van der Waals surface area contributed by atoms with Gasteiger partial charge >= 0.3 is 6.09 Å². The third-order valence-corrected chi connectivity index (χ3v) is 5.05. The van der Waals surface area contributed by atoms with Crippen LogP contribution in [0.3, 0.4) is 0 Å². The van der Waals surface area contributed by atoms with E-state index in [1.54, 1.807) is 6.92 Å². The second-order valence-corrected chi connectivity index (χ2v) is 7.98. The van der Waals surface area contributed by atoms with Crippen LogP contribution in [0.5, 0.6) is 0 Å². The van der Waals surface area contributed by atoms with E-state index in [1.165, 1.54) is 0 Å². The molecular formula is C12H23FN2O3S. The van der Waals surface area contributed by atoms with Crippen molar-refractivity contribution in [3.8, 4) is 0 Å². The minimum atomic E-state index is -1.25. The summed E-state index contributed by atoms with van der Waals surface area (Å²) in [5, 5.41) is 8.83. The van der Waals surface area contributed by atoms with E-state index in [1.807, 2.05) is 20.8 Å². The first-order valence-electron chi connectivity index (χ1n) is 6.43. The van der Waals surface area contributed by atoms with Gasteiger partial charge in [0.2, 0.25) is 0 Å². The molecular weight excluding hydrogens is 271 g/mol. The van der Waals surface area contributed by atoms with Gasteiger partial charge in [0.15, 0.2) is 0 Å². The van der Waals surface area contributed by atoms with Gasteiger partial charge in [-0.3, -0.25) is 0 Å². The lowest BCUT2D eigenvalue weighted by Crippen LogP contribution is -2.53. The van der Waals surface area contributed by atoms with Gasteiger partial charge in [0, 0.05) is 23.8 Å². The first kappa shape index (κ1) is 16.5. The van der Waals surface area contributed by atoms with Crippen molar-refractivity contribution in [2.24, 2.45) is 5.92 Å². The summed E-state index contributed by atoms with van der Waals surface area (Å²) in [4.78, 5) is 11.9. The van der Waals surface area contributed by atoms with Crippen LogP contribution in [0, 0.1) is 5.92 Å². The van der Waals surface area contributed by atoms with E-state index in [0.717, 1.165) is 4.90 Å². The zero-order valence-corrected chi connectivity index (χ0v) is 12.7. The summed E-state index contributed by atoms with van der Waals surface area (Å²) >= 11 is -1.25. The summed E-state index contributed by atoms with van der Waals surface area (Å²) in [6, 6.07) is -0.244. The highest BCUT2D eigenvalue weighted by atomic mass is 32.2. The number of likely N-dealkylation sites (tertiary alicyclic amines) is 1. The summed E-state index contributed by atoms with van der Waals surface area (Å²) in [5.41, 5.74) is 0. The summed E-state index contributed by atoms with van der Waals surface area (Å²) in [6.07, 6.45) is -1.85. The van der Waals surface area contributed by atoms with Gasteiger partial charge in [-0.1, -0.05) is 0 Å². The lowest BCUT2D eigenvalue weighted by Gasteiger charge is -2.37. The van der Waals surface area contributed by atoms with E-state index >= 15 is 0 Å². The van der Waals surface area contributed by atoms with Gasteiger partial charge in [0.05, 0.1) is 12.6 Å². The number of nitrogens with zero attached hydrogens (tertiary/aromatic N) is 1. The van der Waals surface area contributed by atoms with Crippen LogP contribution in [-0.4, -0.2) is 50.7 Å². The highest BCUT2D eigenvalue weighted by Crippen LogP contribution is 2.25. The molecule has 5 nitrogen and oxygen atoms in total. The number of halogens is 1. The molecule has 0 aromatic heterocycles. The SMILES string of the molecule is CC(N[S@+]([O-])C(C)(C)C)[C@H]1CCN(C(=O)O)C[C@H]1F. The number of nitrogens with one attached hydrogen (secondary N) is 1. The quantitative estimate of drug-likeness (QED) is 0.778. The fourth-order valence-corrected chi connectivity index (χ4v) is 2.96. The average Bonchev–Trinajstić information content (AvgIpc) is 2.26. The molecule has 1 rings (SSSR count). The second kappa shape index (κ2) is 6.28. The Morgan fingerprint density at radius 1 is 1.58 bits per heavy atom. The molecule has 112 valence electrons. The van der Waals surface area contributed by atoms with Crippen molar-refractivity contribution in [3.05, 3.63) is 0 Å². The van der Waals surface area contributed by atoms with Crippen LogP contribution in [0.1, 0.15) is 34.1 Å². The van der Waals surface area contributed by atoms with Gasteiger partial charge < -0.3 is 14.6 Å². The first-order valence-corrected chi connectivity index (χ1v) is 7.58. The standard InChI is InChI=1S/C12H23FN2O3S/c1-8(14-19(18)12(2,3)4)9-5-6-15(11(16)17)7-10(9)13/h8-10,14H,5-7H2,1-4H3,(H,16,17)/t8?,9-,10-,19-/m1/s1. The van der Waals surface area contributed by atoms with Gasteiger partial charge in [-0.15, -0.1) is 4.72 Å². The van der Waals surface area contributed by atoms with Crippen molar-refractivity contribution in [1.82, 2.24) is 9.62 Å². The Balaban J connectivity index is 2.55. The molecule has 0 aromatic carbocycles. The maximum absolute atomic E-state index is 14.0. The fraction of sp³-hybridized carbons (Fsp3) is 0.917. The molecule has 7 heteroatoms. The van der Waals surface area contributed by atoms with E-state index in [0.29, 0.717) is 13.0 Å². The number of hydrogen-bond donors (Lipinski definition) is 2. The van der Waals surface area contributed by atoms with Crippen LogP contribution in [0.15, 0.2) is 0 Å². The lowest BCUT2D eigenvalue weighted by atomic mass is 9.89. The van der Waals surface area contributed by atoms with Crippen LogP contribution >= 0.6 is 0 Å². The molecule has 1 fully saturated rings. The van der Waals surface area contributed by atoms with Crippen LogP contribution in [0.2, 0.25) is 0 Å². The van der Waals surface area contributed by atoms with E-state index in [2.05, 4.69) is 4.72 Å². The third-order valence-electron chi connectivity index (χ3n) is 3.35. The molecule has 1 aliphatic rings. The van der Waals surface area contributed by atoms with Gasteiger partial charge in [-0.05, 0) is 34.1 Å². The van der Waals surface area contributed by atoms with Crippen molar-refractivity contribution in [2.75, 3.05) is 13.1 Å². The molecule has 1 heterocycles. The van der Waals surface area contributed by atoms with Crippen molar-refractivity contribution in [3.63, 3.8) is 0 Å². The molecule has 0 saturated carbocycles. The van der Waals surface area contributed by atoms with Gasteiger partial charge in [-0.2, -0.15) is 0 Å². The Morgan fingerprint density at radius 2 is 2.16 bits per heavy atom. The van der Waals surface area contributed by atoms with Gasteiger partial charge in [0.1, 0.15) is 10.9 Å². The van der Waals surface area contributed by atoms with Crippen molar-refractivity contribution in [2.45, 2.75) is 51.1 Å². The number of amides is 1. The molecule has 1 aliphatic heterocycles. The minimum Gasteiger partial charge on any atom is -0.598 e. The maximum Gasteiger partial charge on any atom is 0.407 e. The molecule has 2 N–H and O–H groups in total. The highest BCUT2D eigenvalue weighted by molar-refractivity contribution is 7.90. The zero-order valence-electron chi connectivity index (χ0n) is 11.9. The van der Waals surface area contributed by atoms with E-state index in [-0.39, 0.29) is 18.5 Å². The van der Waals surface area contributed by atoms with Crippen molar-refractivity contribution < 1.29 is 18.8 Å². The molecule has 1 saturated heterocycles. The molecule has 0 spiro atoms. The molecule has 0 aliphatic carbocycles. The predicted octanol–water partition coefficient (Wildman–Crippen LogP) is 1.76. The second-order valence-electron chi connectivity index (χ2n) is 5.98. The molecule has 4 atom stereocenters. The Bertz CT molecular complexity index is 325. The third kappa shape index (κ3) is 4.50. The number of hydrogen-bond acceptors (Lipinski definition) is 3. The number of rotatable bonds is 3. The van der Waals surface area contributed by atoms with Crippen LogP contribution in [0.4, 0.5) is 9.18 Å². The number of carboxylic acid groups (broad SMARTS) is 1. The molecule has 0 aromatic rings. The largest absolute Gasteiger partial charge is 0.598 e. The monoisotopic (exact) mass is 294 g/mol. The zero-order chi connectivity index (χ0) is 14.8. The summed E-state index contributed by atoms with van der Waals surface area (Å²) in [6.45, 7) is 7.58. The topological polar surface area (TPSA) is 75.6 Å². The first-order chi connectivity index (χ1) is 8.62. The summed E-state index contributed by atoms with van der Waals surface area (Å²) in [7, 11) is 0. The molecule has 1 unspecified atom stereocenters. The Kier molecular flexibility index (Phi) is 5.46. The van der Waals surface area contributed by atoms with Gasteiger partial charge in [0.25, 0.3) is 0 Å². The number of alkyl halides is 1. The predicted molar refractivity (Wildman–Crippen MR) is 73.1 cm³/mol. The summed E-state index contributed by atoms with van der Waals surface area (Å²) in [5.74, 6) is -0.304. The lowest BCUT2D eigenvalue weighted by molar-refractivity contribution is 0.0663. The normalized spacial score (nSPS) is 28.0. The molecule has 0 radical (unpaired) electrons. The molecule has 19 heavy (non-hydrogen) atoms. The highest BCUT2D eigenvalue weighted by Gasteiger charge is 2.38. The maximum atomic E-state index is 14.0. The Morgan fingerprint density at radius 3 is 2.58 bits per heavy atom. The fourth-order valence-electron chi connectivity index (χ4n) is 2.09. The number of carbonyl (C=O) groups is 1. The van der Waals surface area contributed by atoms with E-state index in [4.69, 9.17) is 5.11 Å². The smallest absolute Gasteiger partial charge is 0.407 e.